The SMILES string of the molecule is CCCC1=C(C(=O)OCC)[C@H](c2cccc(OC)c2)n2c(s/c(=C\c3ccc(-c4cc(C(=O)O)ccc4Cl)o3)c2=O)=N1. The van der Waals surface area contributed by atoms with Crippen molar-refractivity contribution in [3.63, 3.8) is 0 Å². The molecule has 0 spiro atoms. The number of carboxylic acids is 1. The second-order valence-corrected chi connectivity index (χ2v) is 10.8. The number of furan rings is 1. The molecular formula is C31H27ClN2O7S. The number of halogens is 1. The van der Waals surface area contributed by atoms with Gasteiger partial charge in [-0.05, 0) is 61.4 Å². The summed E-state index contributed by atoms with van der Waals surface area (Å²) in [5.74, 6) is -0.311. The van der Waals surface area contributed by atoms with E-state index in [2.05, 4.69) is 0 Å². The van der Waals surface area contributed by atoms with E-state index in [9.17, 15) is 19.5 Å². The summed E-state index contributed by atoms with van der Waals surface area (Å²) in [4.78, 5) is 43.9. The van der Waals surface area contributed by atoms with E-state index in [-0.39, 0.29) is 17.7 Å². The molecule has 4 aromatic rings. The predicted molar refractivity (Wildman–Crippen MR) is 159 cm³/mol. The first-order valence-electron chi connectivity index (χ1n) is 13.2. The summed E-state index contributed by atoms with van der Waals surface area (Å²) in [7, 11) is 1.55. The van der Waals surface area contributed by atoms with E-state index in [1.807, 2.05) is 13.0 Å². The van der Waals surface area contributed by atoms with Crippen LogP contribution in [0.3, 0.4) is 0 Å². The highest BCUT2D eigenvalue weighted by Crippen LogP contribution is 2.34. The molecule has 11 heteroatoms. The third-order valence-electron chi connectivity index (χ3n) is 6.68. The highest BCUT2D eigenvalue weighted by Gasteiger charge is 2.34. The van der Waals surface area contributed by atoms with Crippen LogP contribution in [0, 0.1) is 0 Å². The van der Waals surface area contributed by atoms with Gasteiger partial charge < -0.3 is 19.0 Å². The zero-order valence-electron chi connectivity index (χ0n) is 23.0. The van der Waals surface area contributed by atoms with E-state index in [1.165, 1.54) is 34.1 Å². The van der Waals surface area contributed by atoms with Gasteiger partial charge in [0.1, 0.15) is 17.3 Å². The minimum absolute atomic E-state index is 0.0680. The average Bonchev–Trinajstić information content (AvgIpc) is 3.56. The largest absolute Gasteiger partial charge is 0.497 e. The maximum Gasteiger partial charge on any atom is 0.338 e. The zero-order valence-corrected chi connectivity index (χ0v) is 24.6. The Kier molecular flexibility index (Phi) is 8.46. The van der Waals surface area contributed by atoms with Crippen LogP contribution in [0.5, 0.6) is 5.75 Å². The molecule has 2 aromatic heterocycles. The molecular weight excluding hydrogens is 580 g/mol. The number of benzene rings is 2. The van der Waals surface area contributed by atoms with Gasteiger partial charge in [-0.2, -0.15) is 0 Å². The fourth-order valence-corrected chi connectivity index (χ4v) is 6.01. The molecule has 9 nitrogen and oxygen atoms in total. The molecule has 0 amide bonds. The first-order valence-corrected chi connectivity index (χ1v) is 14.4. The number of hydrogen-bond donors (Lipinski definition) is 1. The Hall–Kier alpha value is -4.41. The van der Waals surface area contributed by atoms with Crippen LogP contribution < -0.4 is 19.6 Å². The lowest BCUT2D eigenvalue weighted by molar-refractivity contribution is -0.139. The van der Waals surface area contributed by atoms with Crippen molar-refractivity contribution in [1.82, 2.24) is 4.57 Å². The number of fused-ring (bicyclic) bond motifs is 1. The van der Waals surface area contributed by atoms with Gasteiger partial charge >= 0.3 is 11.9 Å². The molecule has 42 heavy (non-hydrogen) atoms. The molecule has 0 bridgehead atoms. The highest BCUT2D eigenvalue weighted by atomic mass is 35.5. The maximum absolute atomic E-state index is 13.9. The number of ether oxygens (including phenoxy) is 2. The van der Waals surface area contributed by atoms with Crippen LogP contribution >= 0.6 is 22.9 Å². The van der Waals surface area contributed by atoms with Gasteiger partial charge in [0.2, 0.25) is 0 Å². The standard InChI is InChI=1S/C31H27ClN2O7S/c1-4-7-23-26(30(38)40-5-2)27(17-8-6-9-19(14-17)39-3)34-28(35)25(42-31(34)33-23)16-20-11-13-24(41-20)21-15-18(29(36)37)10-12-22(21)32/h6,8-16,27H,4-5,7H2,1-3H3,(H,36,37)/b25-16-/t27-/m0/s1. The molecule has 1 aliphatic heterocycles. The molecule has 5 rings (SSSR count). The number of carbonyl (C=O) groups excluding carboxylic acids is 1. The van der Waals surface area contributed by atoms with E-state index in [4.69, 9.17) is 30.5 Å². The molecule has 0 saturated heterocycles. The number of carbonyl (C=O) groups is 2. The Morgan fingerprint density at radius 1 is 1.17 bits per heavy atom. The van der Waals surface area contributed by atoms with Gasteiger partial charge in [0.25, 0.3) is 5.56 Å². The molecule has 216 valence electrons. The lowest BCUT2D eigenvalue weighted by Gasteiger charge is -2.26. The topological polar surface area (TPSA) is 120 Å². The van der Waals surface area contributed by atoms with Crippen LogP contribution in [0.25, 0.3) is 17.4 Å². The van der Waals surface area contributed by atoms with Gasteiger partial charge in [-0.25, -0.2) is 14.6 Å². The minimum atomic E-state index is -1.09. The van der Waals surface area contributed by atoms with Crippen molar-refractivity contribution in [2.24, 2.45) is 4.99 Å². The van der Waals surface area contributed by atoms with Gasteiger partial charge in [0.15, 0.2) is 4.80 Å². The van der Waals surface area contributed by atoms with E-state index in [0.717, 1.165) is 6.42 Å². The number of aromatic carboxylic acids is 1. The fourth-order valence-electron chi connectivity index (χ4n) is 4.80. The number of aromatic nitrogens is 1. The van der Waals surface area contributed by atoms with Crippen LogP contribution in [-0.2, 0) is 9.53 Å². The summed E-state index contributed by atoms with van der Waals surface area (Å²) < 4.78 is 18.7. The summed E-state index contributed by atoms with van der Waals surface area (Å²) in [5, 5.41) is 9.69. The summed E-state index contributed by atoms with van der Waals surface area (Å²) in [6.07, 6.45) is 2.86. The van der Waals surface area contributed by atoms with Crippen molar-refractivity contribution in [2.75, 3.05) is 13.7 Å². The molecule has 1 aliphatic rings. The van der Waals surface area contributed by atoms with Gasteiger partial charge in [0.05, 0.1) is 46.1 Å². The smallest absolute Gasteiger partial charge is 0.338 e. The molecule has 2 aromatic carbocycles. The minimum Gasteiger partial charge on any atom is -0.497 e. The quantitative estimate of drug-likeness (QED) is 0.260. The van der Waals surface area contributed by atoms with Gasteiger partial charge in [-0.3, -0.25) is 9.36 Å². The average molecular weight is 607 g/mol. The number of methoxy groups -OCH3 is 1. The second kappa shape index (κ2) is 12.2. The zero-order chi connectivity index (χ0) is 30.0. The monoisotopic (exact) mass is 606 g/mol. The number of nitrogens with zero attached hydrogens (tertiary/aromatic N) is 2. The summed E-state index contributed by atoms with van der Waals surface area (Å²) in [6, 6.07) is 14.1. The van der Waals surface area contributed by atoms with Crippen LogP contribution in [0.15, 0.2) is 80.1 Å². The Balaban J connectivity index is 1.67. The predicted octanol–water partition coefficient (Wildman–Crippen LogP) is 5.20. The number of carboxylic acid groups (broad SMARTS) is 1. The summed E-state index contributed by atoms with van der Waals surface area (Å²) in [6.45, 7) is 3.90. The summed E-state index contributed by atoms with van der Waals surface area (Å²) >= 11 is 7.50. The molecule has 0 fully saturated rings. The first-order chi connectivity index (χ1) is 20.2. The van der Waals surface area contributed by atoms with Crippen molar-refractivity contribution in [3.05, 3.63) is 107 Å². The fraction of sp³-hybridized carbons (Fsp3) is 0.226. The first kappa shape index (κ1) is 29.1. The molecule has 3 heterocycles. The van der Waals surface area contributed by atoms with Crippen molar-refractivity contribution >= 4 is 41.0 Å². The van der Waals surface area contributed by atoms with Gasteiger partial charge in [0, 0.05) is 11.6 Å². The van der Waals surface area contributed by atoms with E-state index in [1.54, 1.807) is 50.4 Å². The molecule has 0 radical (unpaired) electrons. The lowest BCUT2D eigenvalue weighted by Crippen LogP contribution is -2.40. The van der Waals surface area contributed by atoms with Crippen LogP contribution in [0.4, 0.5) is 0 Å². The second-order valence-electron chi connectivity index (χ2n) is 9.39. The van der Waals surface area contributed by atoms with Crippen molar-refractivity contribution in [3.8, 4) is 17.1 Å². The number of allylic oxidation sites excluding steroid dienone is 1. The van der Waals surface area contributed by atoms with Crippen molar-refractivity contribution in [1.29, 1.82) is 0 Å². The lowest BCUT2D eigenvalue weighted by atomic mass is 9.94. The van der Waals surface area contributed by atoms with Crippen molar-refractivity contribution in [2.45, 2.75) is 32.7 Å². The van der Waals surface area contributed by atoms with Crippen LogP contribution in [0.2, 0.25) is 5.02 Å². The third-order valence-corrected chi connectivity index (χ3v) is 7.99. The number of esters is 1. The molecule has 0 unspecified atom stereocenters. The molecule has 0 saturated carbocycles. The maximum atomic E-state index is 13.9. The third kappa shape index (κ3) is 5.55. The van der Waals surface area contributed by atoms with Gasteiger partial charge in [-0.1, -0.05) is 48.4 Å². The number of hydrogen-bond acceptors (Lipinski definition) is 8. The molecule has 1 N–H and O–H groups in total. The summed E-state index contributed by atoms with van der Waals surface area (Å²) in [5.41, 5.74) is 1.70. The van der Waals surface area contributed by atoms with Crippen LogP contribution in [-0.4, -0.2) is 35.3 Å². The number of thiazole rings is 1. The van der Waals surface area contributed by atoms with E-state index in [0.29, 0.717) is 60.4 Å². The Labute approximate surface area is 249 Å². The van der Waals surface area contributed by atoms with Crippen molar-refractivity contribution < 1.29 is 28.6 Å². The molecule has 0 aliphatic carbocycles. The molecule has 1 atom stereocenters. The Morgan fingerprint density at radius 3 is 2.69 bits per heavy atom. The Bertz CT molecular complexity index is 1900. The van der Waals surface area contributed by atoms with Crippen LogP contribution in [0.1, 0.15) is 54.4 Å². The normalized spacial score (nSPS) is 14.9. The number of rotatable bonds is 9. The van der Waals surface area contributed by atoms with Gasteiger partial charge in [-0.15, -0.1) is 0 Å². The highest BCUT2D eigenvalue weighted by molar-refractivity contribution is 7.07. The van der Waals surface area contributed by atoms with E-state index < -0.39 is 18.0 Å². The Morgan fingerprint density at radius 2 is 1.98 bits per heavy atom. The van der Waals surface area contributed by atoms with E-state index >= 15 is 0 Å².